The summed E-state index contributed by atoms with van der Waals surface area (Å²) in [4.78, 5) is 13.4. The van der Waals surface area contributed by atoms with Gasteiger partial charge in [0.15, 0.2) is 5.58 Å². The second kappa shape index (κ2) is 11.1. The number of benzene rings is 8. The largest absolute Gasteiger partial charge is 0.452 e. The monoisotopic (exact) mass is 731 g/mol. The maximum absolute atomic E-state index is 6.60. The Morgan fingerprint density at radius 2 is 1.16 bits per heavy atom. The Morgan fingerprint density at radius 1 is 0.482 bits per heavy atom. The summed E-state index contributed by atoms with van der Waals surface area (Å²) in [5.74, 6) is 0.614. The molecule has 13 rings (SSSR count). The highest BCUT2D eigenvalue weighted by Gasteiger charge is 2.50. The molecule has 0 unspecified atom stereocenters. The van der Waals surface area contributed by atoms with Gasteiger partial charge in [0.2, 0.25) is 5.95 Å². The van der Waals surface area contributed by atoms with E-state index in [0.29, 0.717) is 11.5 Å². The number of hydrogen-bond donors (Lipinski definition) is 0. The fraction of sp³-hybridized carbons (Fsp3) is 0.0196. The highest BCUT2D eigenvalue weighted by atomic mass is 32.2. The third-order valence-electron chi connectivity index (χ3n) is 12.1. The highest BCUT2D eigenvalue weighted by molar-refractivity contribution is 7.99. The van der Waals surface area contributed by atoms with Crippen LogP contribution in [-0.4, -0.2) is 14.5 Å². The first-order valence-corrected chi connectivity index (χ1v) is 19.8. The van der Waals surface area contributed by atoms with Crippen LogP contribution < -0.4 is 0 Å². The molecule has 2 aliphatic rings. The van der Waals surface area contributed by atoms with E-state index in [-0.39, 0.29) is 0 Å². The highest BCUT2D eigenvalue weighted by Crippen LogP contribution is 2.62. The lowest BCUT2D eigenvalue weighted by molar-refractivity contribution is 0.666. The van der Waals surface area contributed by atoms with Crippen LogP contribution in [0.25, 0.3) is 83.0 Å². The molecule has 1 spiro atoms. The van der Waals surface area contributed by atoms with E-state index in [1.165, 1.54) is 59.3 Å². The second-order valence-corrected chi connectivity index (χ2v) is 16.0. The van der Waals surface area contributed by atoms with Crippen molar-refractivity contribution in [2.45, 2.75) is 15.2 Å². The van der Waals surface area contributed by atoms with Crippen LogP contribution in [0.2, 0.25) is 0 Å². The second-order valence-electron chi connectivity index (χ2n) is 14.9. The summed E-state index contributed by atoms with van der Waals surface area (Å²) in [6.45, 7) is 0. The van der Waals surface area contributed by atoms with E-state index >= 15 is 0 Å². The predicted octanol–water partition coefficient (Wildman–Crippen LogP) is 13.1. The zero-order valence-electron chi connectivity index (χ0n) is 29.9. The van der Waals surface area contributed by atoms with Crippen molar-refractivity contribution >= 4 is 66.4 Å². The number of rotatable bonds is 2. The minimum absolute atomic E-state index is 0.498. The average Bonchev–Trinajstić information content (AvgIpc) is 3.89. The van der Waals surface area contributed by atoms with Crippen LogP contribution in [0.3, 0.4) is 0 Å². The molecule has 3 aromatic heterocycles. The van der Waals surface area contributed by atoms with Crippen molar-refractivity contribution in [1.29, 1.82) is 0 Å². The Hall–Kier alpha value is -6.95. The number of hydrogen-bond acceptors (Lipinski definition) is 4. The van der Waals surface area contributed by atoms with Crippen LogP contribution in [0, 0.1) is 0 Å². The summed E-state index contributed by atoms with van der Waals surface area (Å²) < 4.78 is 8.88. The third kappa shape index (κ3) is 3.90. The molecule has 5 heteroatoms. The summed E-state index contributed by atoms with van der Waals surface area (Å²) in [5, 5.41) is 5.64. The Morgan fingerprint density at radius 3 is 2.00 bits per heavy atom. The molecule has 0 saturated heterocycles. The minimum Gasteiger partial charge on any atom is -0.452 e. The molecule has 0 atom stereocenters. The van der Waals surface area contributed by atoms with Gasteiger partial charge in [-0.15, -0.1) is 0 Å². The minimum atomic E-state index is -0.498. The number of para-hydroxylation sites is 2. The van der Waals surface area contributed by atoms with E-state index in [9.17, 15) is 0 Å². The molecule has 0 amide bonds. The van der Waals surface area contributed by atoms with Gasteiger partial charge in [-0.2, -0.15) is 0 Å². The zero-order valence-corrected chi connectivity index (χ0v) is 30.7. The molecular formula is C51H29N3OS. The molecule has 1 aliphatic heterocycles. The lowest BCUT2D eigenvalue weighted by Crippen LogP contribution is -2.32. The maximum atomic E-state index is 6.60. The molecule has 260 valence electrons. The fourth-order valence-corrected chi connectivity index (χ4v) is 11.0. The number of aromatic nitrogens is 3. The van der Waals surface area contributed by atoms with Crippen LogP contribution in [0.4, 0.5) is 0 Å². The molecular weight excluding hydrogens is 703 g/mol. The lowest BCUT2D eigenvalue weighted by Gasteiger charge is -2.39. The quantitative estimate of drug-likeness (QED) is 0.178. The van der Waals surface area contributed by atoms with Crippen molar-refractivity contribution in [2.24, 2.45) is 0 Å². The predicted molar refractivity (Wildman–Crippen MR) is 228 cm³/mol. The lowest BCUT2D eigenvalue weighted by atomic mass is 9.67. The summed E-state index contributed by atoms with van der Waals surface area (Å²) in [6.07, 6.45) is 0. The van der Waals surface area contributed by atoms with Gasteiger partial charge >= 0.3 is 0 Å². The molecule has 56 heavy (non-hydrogen) atoms. The molecule has 0 bridgehead atoms. The summed E-state index contributed by atoms with van der Waals surface area (Å²) in [7, 11) is 0. The molecule has 0 N–H and O–H groups in total. The van der Waals surface area contributed by atoms with Gasteiger partial charge in [-0.1, -0.05) is 145 Å². The Labute approximate surface area is 325 Å². The molecule has 8 aromatic carbocycles. The van der Waals surface area contributed by atoms with Gasteiger partial charge in [0, 0.05) is 31.5 Å². The number of fused-ring (bicyclic) bond motifs is 16. The van der Waals surface area contributed by atoms with E-state index in [2.05, 4.69) is 162 Å². The van der Waals surface area contributed by atoms with Crippen molar-refractivity contribution in [1.82, 2.24) is 14.5 Å². The van der Waals surface area contributed by atoms with Crippen molar-refractivity contribution in [2.75, 3.05) is 0 Å². The Balaban J connectivity index is 1.16. The van der Waals surface area contributed by atoms with E-state index in [4.69, 9.17) is 14.4 Å². The normalized spacial score (nSPS) is 13.8. The van der Waals surface area contributed by atoms with Gasteiger partial charge in [0.1, 0.15) is 16.8 Å². The van der Waals surface area contributed by atoms with E-state index < -0.39 is 5.41 Å². The first-order chi connectivity index (χ1) is 27.8. The molecule has 0 radical (unpaired) electrons. The van der Waals surface area contributed by atoms with Crippen molar-refractivity contribution in [3.05, 3.63) is 198 Å². The first kappa shape index (κ1) is 30.4. The van der Waals surface area contributed by atoms with Gasteiger partial charge in [0.05, 0.1) is 16.4 Å². The number of nitrogens with zero attached hydrogens (tertiary/aromatic N) is 3. The third-order valence-corrected chi connectivity index (χ3v) is 13.2. The first-order valence-electron chi connectivity index (χ1n) is 19.0. The van der Waals surface area contributed by atoms with Crippen molar-refractivity contribution < 1.29 is 4.42 Å². The fourth-order valence-electron chi connectivity index (χ4n) is 9.74. The Kier molecular flexibility index (Phi) is 6.00. The van der Waals surface area contributed by atoms with Gasteiger partial charge < -0.3 is 4.42 Å². The molecule has 0 fully saturated rings. The molecule has 11 aromatic rings. The standard InChI is InChI=1S/C51H29N3OS/c1-2-14-31-27-32(26-25-30(31)13-1)47-49-48(36-18-6-11-23-44(36)55-49)53-50(52-47)54-42-22-10-5-17-35(42)37-28-46-41(29-43(37)54)51(40-21-9-12-24-45(40)56-46)38-19-7-3-15-33(38)34-16-4-8-20-39(34)51/h1-29H. The van der Waals surface area contributed by atoms with Crippen molar-refractivity contribution in [3.63, 3.8) is 0 Å². The van der Waals surface area contributed by atoms with Crippen LogP contribution in [0.15, 0.2) is 190 Å². The average molecular weight is 732 g/mol. The SMILES string of the molecule is c1ccc2c(c1)Sc1cc3c4ccccc4n(-c4nc(-c5ccc6ccccc6c5)c5oc6ccccc6c5n4)c3cc1C21c2ccccc2-c2ccccc21. The summed E-state index contributed by atoms with van der Waals surface area (Å²) in [5.41, 5.74) is 13.5. The van der Waals surface area contributed by atoms with Crippen LogP contribution in [-0.2, 0) is 5.41 Å². The van der Waals surface area contributed by atoms with Crippen molar-refractivity contribution in [3.8, 4) is 28.3 Å². The van der Waals surface area contributed by atoms with Gasteiger partial charge in [-0.25, -0.2) is 9.97 Å². The van der Waals surface area contributed by atoms with Gasteiger partial charge in [-0.3, -0.25) is 4.57 Å². The van der Waals surface area contributed by atoms with Crippen LogP contribution in [0.1, 0.15) is 22.3 Å². The molecule has 4 nitrogen and oxygen atoms in total. The Bertz CT molecular complexity index is 3440. The molecule has 0 saturated carbocycles. The van der Waals surface area contributed by atoms with Gasteiger partial charge in [0.25, 0.3) is 0 Å². The summed E-state index contributed by atoms with van der Waals surface area (Å²) >= 11 is 1.87. The number of furan rings is 1. The molecule has 4 heterocycles. The van der Waals surface area contributed by atoms with Gasteiger partial charge in [-0.05, 0) is 86.6 Å². The maximum Gasteiger partial charge on any atom is 0.236 e. The zero-order chi connectivity index (χ0) is 36.5. The van der Waals surface area contributed by atoms with Crippen LogP contribution in [0.5, 0.6) is 0 Å². The summed E-state index contributed by atoms with van der Waals surface area (Å²) in [6, 6.07) is 63.6. The smallest absolute Gasteiger partial charge is 0.236 e. The van der Waals surface area contributed by atoms with E-state index in [1.807, 2.05) is 30.0 Å². The van der Waals surface area contributed by atoms with Crippen LogP contribution >= 0.6 is 11.8 Å². The van der Waals surface area contributed by atoms with E-state index in [0.717, 1.165) is 44.2 Å². The topological polar surface area (TPSA) is 43.9 Å². The van der Waals surface area contributed by atoms with E-state index in [1.54, 1.807) is 0 Å². The molecule has 1 aliphatic carbocycles.